The van der Waals surface area contributed by atoms with Crippen LogP contribution in [0.25, 0.3) is 17.2 Å². The Kier molecular flexibility index (Phi) is 2.52. The maximum atomic E-state index is 10.7. The highest BCUT2D eigenvalue weighted by atomic mass is 16.4. The van der Waals surface area contributed by atoms with Crippen LogP contribution in [-0.2, 0) is 11.2 Å². The number of nitrogens with zero attached hydrogens (tertiary/aromatic N) is 4. The molecule has 0 spiro atoms. The zero-order valence-corrected chi connectivity index (χ0v) is 10.1. The van der Waals surface area contributed by atoms with Crippen LogP contribution in [0.3, 0.4) is 0 Å². The van der Waals surface area contributed by atoms with Crippen molar-refractivity contribution in [1.29, 1.82) is 0 Å². The molecule has 0 unspecified atom stereocenters. The van der Waals surface area contributed by atoms with E-state index in [-0.39, 0.29) is 12.2 Å². The van der Waals surface area contributed by atoms with Crippen molar-refractivity contribution in [3.8, 4) is 11.5 Å². The summed E-state index contributed by atoms with van der Waals surface area (Å²) in [5.74, 6) is 1.01. The molecule has 0 atom stereocenters. The molecule has 0 saturated carbocycles. The summed E-state index contributed by atoms with van der Waals surface area (Å²) in [6, 6.07) is 5.41. The molecule has 7 nitrogen and oxygen atoms in total. The summed E-state index contributed by atoms with van der Waals surface area (Å²) in [5.41, 5.74) is 0.683. The first-order valence-electron chi connectivity index (χ1n) is 5.63. The summed E-state index contributed by atoms with van der Waals surface area (Å²) in [6.07, 6.45) is 1.35. The standard InChI is InChI=1S/C12H10N4O3/c1-7-2-3-9(19-7)8-4-5-13-12-14-10(6-11(17)18)15-16(8)12/h2-5H,6H2,1H3,(H,17,18). The second-order valence-electron chi connectivity index (χ2n) is 4.05. The first-order chi connectivity index (χ1) is 9.13. The minimum atomic E-state index is -0.980. The molecule has 0 saturated heterocycles. The number of furan rings is 1. The van der Waals surface area contributed by atoms with Gasteiger partial charge in [0.1, 0.15) is 17.9 Å². The van der Waals surface area contributed by atoms with Crippen LogP contribution in [0.4, 0.5) is 0 Å². The molecule has 0 aromatic carbocycles. The number of hydrogen-bond donors (Lipinski definition) is 1. The smallest absolute Gasteiger partial charge is 0.311 e. The molecule has 0 amide bonds. The summed E-state index contributed by atoms with van der Waals surface area (Å²) in [7, 11) is 0. The van der Waals surface area contributed by atoms with Gasteiger partial charge in [0.2, 0.25) is 0 Å². The zero-order chi connectivity index (χ0) is 13.4. The third-order valence-electron chi connectivity index (χ3n) is 2.59. The predicted molar refractivity (Wildman–Crippen MR) is 64.6 cm³/mol. The first kappa shape index (κ1) is 11.4. The lowest BCUT2D eigenvalue weighted by molar-refractivity contribution is -0.136. The fraction of sp³-hybridized carbons (Fsp3) is 0.167. The maximum absolute atomic E-state index is 10.7. The van der Waals surface area contributed by atoms with Gasteiger partial charge in [-0.2, -0.15) is 9.50 Å². The van der Waals surface area contributed by atoms with Gasteiger partial charge in [-0.05, 0) is 25.1 Å². The zero-order valence-electron chi connectivity index (χ0n) is 10.1. The molecule has 3 aromatic heterocycles. The fourth-order valence-electron chi connectivity index (χ4n) is 1.80. The highest BCUT2D eigenvalue weighted by Gasteiger charge is 2.13. The number of carboxylic acids is 1. The molecule has 0 aliphatic rings. The third-order valence-corrected chi connectivity index (χ3v) is 2.59. The third kappa shape index (κ3) is 2.05. The Bertz CT molecular complexity index is 759. The molecule has 7 heteroatoms. The second-order valence-corrected chi connectivity index (χ2v) is 4.05. The Balaban J connectivity index is 2.14. The number of aromatic nitrogens is 4. The number of fused-ring (bicyclic) bond motifs is 1. The lowest BCUT2D eigenvalue weighted by atomic mass is 10.3. The topological polar surface area (TPSA) is 93.5 Å². The summed E-state index contributed by atoms with van der Waals surface area (Å²) >= 11 is 0. The summed E-state index contributed by atoms with van der Waals surface area (Å²) < 4.78 is 7.02. The molecule has 3 rings (SSSR count). The Morgan fingerprint density at radius 2 is 2.26 bits per heavy atom. The van der Waals surface area contributed by atoms with E-state index in [1.807, 2.05) is 19.1 Å². The minimum absolute atomic E-state index is 0.218. The van der Waals surface area contributed by atoms with Gasteiger partial charge in [0.15, 0.2) is 11.6 Å². The Hall–Kier alpha value is -2.70. The van der Waals surface area contributed by atoms with Gasteiger partial charge in [-0.15, -0.1) is 5.10 Å². The average Bonchev–Trinajstić information content (AvgIpc) is 2.93. The van der Waals surface area contributed by atoms with Crippen LogP contribution in [0.5, 0.6) is 0 Å². The molecule has 0 radical (unpaired) electrons. The van der Waals surface area contributed by atoms with Gasteiger partial charge in [0.05, 0.1) is 0 Å². The Morgan fingerprint density at radius 3 is 2.95 bits per heavy atom. The normalized spacial score (nSPS) is 11.0. The quantitative estimate of drug-likeness (QED) is 0.761. The molecule has 19 heavy (non-hydrogen) atoms. The van der Waals surface area contributed by atoms with Crippen LogP contribution in [0.15, 0.2) is 28.8 Å². The number of aliphatic carboxylic acids is 1. The van der Waals surface area contributed by atoms with E-state index in [1.165, 1.54) is 4.52 Å². The lowest BCUT2D eigenvalue weighted by Crippen LogP contribution is -2.02. The van der Waals surface area contributed by atoms with Crippen LogP contribution in [0.2, 0.25) is 0 Å². The van der Waals surface area contributed by atoms with Crippen molar-refractivity contribution < 1.29 is 14.3 Å². The molecule has 3 aromatic rings. The van der Waals surface area contributed by atoms with Gasteiger partial charge in [-0.3, -0.25) is 4.79 Å². The van der Waals surface area contributed by atoms with E-state index >= 15 is 0 Å². The van der Waals surface area contributed by atoms with E-state index in [0.29, 0.717) is 17.2 Å². The van der Waals surface area contributed by atoms with Gasteiger partial charge in [0.25, 0.3) is 5.78 Å². The van der Waals surface area contributed by atoms with Gasteiger partial charge < -0.3 is 9.52 Å². The van der Waals surface area contributed by atoms with Gasteiger partial charge in [-0.25, -0.2) is 4.98 Å². The molecule has 0 aliphatic heterocycles. The number of rotatable bonds is 3. The van der Waals surface area contributed by atoms with Crippen molar-refractivity contribution in [1.82, 2.24) is 19.6 Å². The van der Waals surface area contributed by atoms with Crippen molar-refractivity contribution in [3.05, 3.63) is 36.0 Å². The average molecular weight is 258 g/mol. The largest absolute Gasteiger partial charge is 0.481 e. The van der Waals surface area contributed by atoms with Crippen LogP contribution in [0, 0.1) is 6.92 Å². The highest BCUT2D eigenvalue weighted by molar-refractivity contribution is 5.69. The number of aryl methyl sites for hydroxylation is 1. The van der Waals surface area contributed by atoms with Crippen molar-refractivity contribution in [3.63, 3.8) is 0 Å². The summed E-state index contributed by atoms with van der Waals surface area (Å²) in [4.78, 5) is 18.8. The number of hydrogen-bond acceptors (Lipinski definition) is 5. The van der Waals surface area contributed by atoms with E-state index < -0.39 is 5.97 Å². The number of carboxylic acid groups (broad SMARTS) is 1. The van der Waals surface area contributed by atoms with Crippen LogP contribution < -0.4 is 0 Å². The van der Waals surface area contributed by atoms with E-state index in [9.17, 15) is 4.79 Å². The first-order valence-corrected chi connectivity index (χ1v) is 5.63. The molecule has 96 valence electrons. The van der Waals surface area contributed by atoms with E-state index in [1.54, 1.807) is 12.3 Å². The van der Waals surface area contributed by atoms with Crippen LogP contribution >= 0.6 is 0 Å². The monoisotopic (exact) mass is 258 g/mol. The van der Waals surface area contributed by atoms with Gasteiger partial charge in [0, 0.05) is 6.20 Å². The second kappa shape index (κ2) is 4.20. The molecule has 3 heterocycles. The highest BCUT2D eigenvalue weighted by Crippen LogP contribution is 2.21. The van der Waals surface area contributed by atoms with Crippen LogP contribution in [-0.4, -0.2) is 30.7 Å². The molecule has 0 bridgehead atoms. The Labute approximate surface area is 107 Å². The molecular formula is C12H10N4O3. The molecule has 1 N–H and O–H groups in total. The summed E-state index contributed by atoms with van der Waals surface area (Å²) in [6.45, 7) is 1.85. The van der Waals surface area contributed by atoms with E-state index in [2.05, 4.69) is 15.1 Å². The number of carbonyl (C=O) groups is 1. The summed E-state index contributed by atoms with van der Waals surface area (Å²) in [5, 5.41) is 12.9. The van der Waals surface area contributed by atoms with Crippen molar-refractivity contribution >= 4 is 11.7 Å². The molecular weight excluding hydrogens is 248 g/mol. The molecule has 0 fully saturated rings. The fourth-order valence-corrected chi connectivity index (χ4v) is 1.80. The van der Waals surface area contributed by atoms with Crippen molar-refractivity contribution in [2.24, 2.45) is 0 Å². The van der Waals surface area contributed by atoms with E-state index in [0.717, 1.165) is 5.76 Å². The van der Waals surface area contributed by atoms with E-state index in [4.69, 9.17) is 9.52 Å². The van der Waals surface area contributed by atoms with Crippen molar-refractivity contribution in [2.45, 2.75) is 13.3 Å². The SMILES string of the molecule is Cc1ccc(-c2ccnc3nc(CC(=O)O)nn23)o1. The van der Waals surface area contributed by atoms with Gasteiger partial charge >= 0.3 is 5.97 Å². The Morgan fingerprint density at radius 1 is 1.42 bits per heavy atom. The minimum Gasteiger partial charge on any atom is -0.481 e. The van der Waals surface area contributed by atoms with Crippen LogP contribution in [0.1, 0.15) is 11.6 Å². The van der Waals surface area contributed by atoms with Crippen molar-refractivity contribution in [2.75, 3.05) is 0 Å². The maximum Gasteiger partial charge on any atom is 0.311 e. The van der Waals surface area contributed by atoms with Gasteiger partial charge in [-0.1, -0.05) is 0 Å². The predicted octanol–water partition coefficient (Wildman–Crippen LogP) is 1.32. The molecule has 0 aliphatic carbocycles. The lowest BCUT2D eigenvalue weighted by Gasteiger charge is -1.98.